The summed E-state index contributed by atoms with van der Waals surface area (Å²) >= 11 is 0. The van der Waals surface area contributed by atoms with Gasteiger partial charge in [0.15, 0.2) is 0 Å². The molecule has 0 fully saturated rings. The predicted octanol–water partition coefficient (Wildman–Crippen LogP) is 2.72. The molecule has 1 unspecified atom stereocenters. The first-order valence-electron chi connectivity index (χ1n) is 6.73. The van der Waals surface area contributed by atoms with Gasteiger partial charge in [-0.25, -0.2) is 4.79 Å². The molecular weight excluding hydrogens is 240 g/mol. The lowest BCUT2D eigenvalue weighted by Gasteiger charge is -2.17. The summed E-state index contributed by atoms with van der Waals surface area (Å²) in [4.78, 5) is 11.5. The van der Waals surface area contributed by atoms with Crippen molar-refractivity contribution < 1.29 is 9.53 Å². The molecule has 2 amide bonds. The summed E-state index contributed by atoms with van der Waals surface area (Å²) in [6.07, 6.45) is 0. The predicted molar refractivity (Wildman–Crippen MR) is 77.5 cm³/mol. The third-order valence-electron chi connectivity index (χ3n) is 3.00. The molecule has 1 rings (SSSR count). The van der Waals surface area contributed by atoms with E-state index in [4.69, 9.17) is 4.74 Å². The number of ether oxygens (including phenoxy) is 1. The van der Waals surface area contributed by atoms with Crippen molar-refractivity contribution in [3.8, 4) is 5.75 Å². The maximum absolute atomic E-state index is 11.5. The number of hydrogen-bond donors (Lipinski definition) is 2. The Hall–Kier alpha value is -1.71. The van der Waals surface area contributed by atoms with Crippen LogP contribution in [0.25, 0.3) is 0 Å². The Morgan fingerprint density at radius 3 is 2.68 bits per heavy atom. The zero-order valence-corrected chi connectivity index (χ0v) is 12.2. The molecular formula is C15H24N2O2. The van der Waals surface area contributed by atoms with E-state index in [2.05, 4.69) is 24.5 Å². The van der Waals surface area contributed by atoms with E-state index in [-0.39, 0.29) is 12.1 Å². The van der Waals surface area contributed by atoms with Crippen LogP contribution in [0.2, 0.25) is 0 Å². The molecule has 0 radical (unpaired) electrons. The molecule has 4 nitrogen and oxygen atoms in total. The Labute approximate surface area is 115 Å². The van der Waals surface area contributed by atoms with E-state index >= 15 is 0 Å². The van der Waals surface area contributed by atoms with Crippen LogP contribution in [0.5, 0.6) is 5.75 Å². The van der Waals surface area contributed by atoms with Crippen LogP contribution >= 0.6 is 0 Å². The fraction of sp³-hybridized carbons (Fsp3) is 0.533. The largest absolute Gasteiger partial charge is 0.492 e. The van der Waals surface area contributed by atoms with Crippen molar-refractivity contribution in [1.29, 1.82) is 0 Å². The van der Waals surface area contributed by atoms with Gasteiger partial charge >= 0.3 is 6.03 Å². The summed E-state index contributed by atoms with van der Waals surface area (Å²) in [5, 5.41) is 5.66. The Balaban J connectivity index is 2.19. The molecule has 2 N–H and O–H groups in total. The lowest BCUT2D eigenvalue weighted by molar-refractivity contribution is 0.230. The molecule has 4 heteroatoms. The van der Waals surface area contributed by atoms with Crippen molar-refractivity contribution in [3.05, 3.63) is 29.8 Å². The van der Waals surface area contributed by atoms with Crippen molar-refractivity contribution in [2.45, 2.75) is 33.7 Å². The average Bonchev–Trinajstić information content (AvgIpc) is 2.34. The van der Waals surface area contributed by atoms with E-state index in [1.165, 1.54) is 0 Å². The number of carbonyl (C=O) groups excluding carboxylic acids is 1. The van der Waals surface area contributed by atoms with Gasteiger partial charge in [-0.1, -0.05) is 26.0 Å². The fourth-order valence-corrected chi connectivity index (χ4v) is 1.46. The van der Waals surface area contributed by atoms with Gasteiger partial charge in [-0.05, 0) is 37.5 Å². The highest BCUT2D eigenvalue weighted by Gasteiger charge is 2.09. The Bertz CT molecular complexity index is 405. The second-order valence-corrected chi connectivity index (χ2v) is 5.10. The number of benzene rings is 1. The lowest BCUT2D eigenvalue weighted by Crippen LogP contribution is -2.44. The monoisotopic (exact) mass is 264 g/mol. The fourth-order valence-electron chi connectivity index (χ4n) is 1.46. The summed E-state index contributed by atoms with van der Waals surface area (Å²) in [5.74, 6) is 1.26. The molecule has 0 heterocycles. The van der Waals surface area contributed by atoms with Crippen LogP contribution in [0.1, 0.15) is 26.3 Å². The minimum absolute atomic E-state index is 0.144. The summed E-state index contributed by atoms with van der Waals surface area (Å²) in [6.45, 7) is 9.12. The van der Waals surface area contributed by atoms with Crippen LogP contribution in [0.15, 0.2) is 24.3 Å². The number of amides is 2. The molecule has 0 spiro atoms. The number of urea groups is 1. The van der Waals surface area contributed by atoms with Crippen LogP contribution < -0.4 is 15.4 Å². The first kappa shape index (κ1) is 15.3. The summed E-state index contributed by atoms with van der Waals surface area (Å²) in [5.41, 5.74) is 1.16. The maximum atomic E-state index is 11.5. The van der Waals surface area contributed by atoms with E-state index in [1.54, 1.807) is 0 Å². The standard InChI is InChI=1S/C15H24N2O2/c1-11(2)13(4)17-15(18)16-8-9-19-14-7-5-6-12(3)10-14/h5-7,10-11,13H,8-9H2,1-4H3,(H2,16,17,18). The van der Waals surface area contributed by atoms with Crippen molar-refractivity contribution >= 4 is 6.03 Å². The molecule has 0 aromatic heterocycles. The number of aryl methyl sites for hydroxylation is 1. The third kappa shape index (κ3) is 6.13. The van der Waals surface area contributed by atoms with Crippen LogP contribution in [0.4, 0.5) is 4.79 Å². The zero-order valence-electron chi connectivity index (χ0n) is 12.2. The number of rotatable bonds is 6. The van der Waals surface area contributed by atoms with Gasteiger partial charge in [0.05, 0.1) is 6.54 Å². The van der Waals surface area contributed by atoms with E-state index in [1.807, 2.05) is 38.1 Å². The van der Waals surface area contributed by atoms with E-state index in [9.17, 15) is 4.79 Å². The third-order valence-corrected chi connectivity index (χ3v) is 3.00. The van der Waals surface area contributed by atoms with Crippen LogP contribution in [-0.4, -0.2) is 25.2 Å². The van der Waals surface area contributed by atoms with Gasteiger partial charge in [-0.3, -0.25) is 0 Å². The van der Waals surface area contributed by atoms with E-state index < -0.39 is 0 Å². The van der Waals surface area contributed by atoms with Crippen LogP contribution in [-0.2, 0) is 0 Å². The highest BCUT2D eigenvalue weighted by atomic mass is 16.5. The second-order valence-electron chi connectivity index (χ2n) is 5.10. The van der Waals surface area contributed by atoms with Gasteiger partial charge in [0.25, 0.3) is 0 Å². The summed E-state index contributed by atoms with van der Waals surface area (Å²) in [6, 6.07) is 7.88. The molecule has 0 aliphatic carbocycles. The first-order valence-corrected chi connectivity index (χ1v) is 6.73. The van der Waals surface area contributed by atoms with Crippen LogP contribution in [0.3, 0.4) is 0 Å². The molecule has 106 valence electrons. The van der Waals surface area contributed by atoms with Gasteiger partial charge in [0.2, 0.25) is 0 Å². The molecule has 0 aliphatic rings. The Morgan fingerprint density at radius 1 is 1.32 bits per heavy atom. The van der Waals surface area contributed by atoms with Crippen molar-refractivity contribution in [2.75, 3.05) is 13.2 Å². The SMILES string of the molecule is Cc1cccc(OCCNC(=O)NC(C)C(C)C)c1. The molecule has 1 aromatic carbocycles. The van der Waals surface area contributed by atoms with Crippen molar-refractivity contribution in [3.63, 3.8) is 0 Å². The topological polar surface area (TPSA) is 50.4 Å². The lowest BCUT2D eigenvalue weighted by atomic mass is 10.1. The zero-order chi connectivity index (χ0) is 14.3. The Kier molecular flexibility index (Phi) is 6.19. The highest BCUT2D eigenvalue weighted by Crippen LogP contribution is 2.11. The first-order chi connectivity index (χ1) is 8.99. The average molecular weight is 264 g/mol. The normalized spacial score (nSPS) is 12.1. The van der Waals surface area contributed by atoms with E-state index in [0.29, 0.717) is 19.1 Å². The highest BCUT2D eigenvalue weighted by molar-refractivity contribution is 5.74. The van der Waals surface area contributed by atoms with E-state index in [0.717, 1.165) is 11.3 Å². The molecule has 0 aliphatic heterocycles. The maximum Gasteiger partial charge on any atom is 0.315 e. The van der Waals surface area contributed by atoms with Gasteiger partial charge in [0, 0.05) is 6.04 Å². The van der Waals surface area contributed by atoms with Gasteiger partial charge in [-0.2, -0.15) is 0 Å². The molecule has 19 heavy (non-hydrogen) atoms. The molecule has 0 saturated heterocycles. The minimum atomic E-state index is -0.144. The number of carbonyl (C=O) groups is 1. The molecule has 1 atom stereocenters. The van der Waals surface area contributed by atoms with Crippen LogP contribution in [0, 0.1) is 12.8 Å². The molecule has 1 aromatic rings. The minimum Gasteiger partial charge on any atom is -0.492 e. The second kappa shape index (κ2) is 7.67. The van der Waals surface area contributed by atoms with Gasteiger partial charge in [0.1, 0.15) is 12.4 Å². The number of nitrogens with one attached hydrogen (secondary N) is 2. The van der Waals surface area contributed by atoms with Crippen molar-refractivity contribution in [1.82, 2.24) is 10.6 Å². The summed E-state index contributed by atoms with van der Waals surface area (Å²) < 4.78 is 5.55. The number of hydrogen-bond acceptors (Lipinski definition) is 2. The quantitative estimate of drug-likeness (QED) is 0.776. The smallest absolute Gasteiger partial charge is 0.315 e. The molecule has 0 saturated carbocycles. The van der Waals surface area contributed by atoms with Gasteiger partial charge in [-0.15, -0.1) is 0 Å². The van der Waals surface area contributed by atoms with Gasteiger partial charge < -0.3 is 15.4 Å². The summed E-state index contributed by atoms with van der Waals surface area (Å²) in [7, 11) is 0. The Morgan fingerprint density at radius 2 is 2.05 bits per heavy atom. The molecule has 0 bridgehead atoms. The van der Waals surface area contributed by atoms with Crippen molar-refractivity contribution in [2.24, 2.45) is 5.92 Å².